The van der Waals surface area contributed by atoms with Gasteiger partial charge in [0, 0.05) is 12.6 Å². The van der Waals surface area contributed by atoms with E-state index >= 15 is 0 Å². The Bertz CT molecular complexity index is 552. The molecule has 2 N–H and O–H groups in total. The summed E-state index contributed by atoms with van der Waals surface area (Å²) in [6, 6.07) is 1.40. The highest BCUT2D eigenvalue weighted by molar-refractivity contribution is 5.93. The molecular weight excluding hydrogens is 270 g/mol. The number of carbonyl (C=O) groups is 2. The van der Waals surface area contributed by atoms with Gasteiger partial charge in [0.05, 0.1) is 11.1 Å². The molecule has 0 aliphatic heterocycles. The zero-order valence-corrected chi connectivity index (χ0v) is 12.8. The molecule has 1 amide bonds. The first kappa shape index (κ1) is 15.5. The van der Waals surface area contributed by atoms with Crippen molar-refractivity contribution in [1.82, 2.24) is 15.1 Å². The van der Waals surface area contributed by atoms with Crippen LogP contribution in [-0.4, -0.2) is 32.8 Å². The molecule has 0 spiro atoms. The summed E-state index contributed by atoms with van der Waals surface area (Å²) in [5, 5.41) is 16.7. The predicted octanol–water partition coefficient (Wildman–Crippen LogP) is 1.97. The molecular formula is C15H23N3O3. The van der Waals surface area contributed by atoms with Crippen molar-refractivity contribution in [2.45, 2.75) is 59.0 Å². The van der Waals surface area contributed by atoms with Crippen LogP contribution in [0.3, 0.4) is 0 Å². The Balaban J connectivity index is 2.19. The molecule has 2 rings (SSSR count). The number of hydrogen-bond acceptors (Lipinski definition) is 3. The molecule has 2 atom stereocenters. The van der Waals surface area contributed by atoms with Gasteiger partial charge < -0.3 is 10.4 Å². The van der Waals surface area contributed by atoms with Crippen molar-refractivity contribution in [2.75, 3.05) is 0 Å². The number of carboxylic acid groups (broad SMARTS) is 1. The van der Waals surface area contributed by atoms with E-state index in [-0.39, 0.29) is 11.9 Å². The minimum atomic E-state index is -0.889. The minimum absolute atomic E-state index is 0.239. The summed E-state index contributed by atoms with van der Waals surface area (Å²) < 4.78 is 1.64. The highest BCUT2D eigenvalue weighted by Gasteiger charge is 2.44. The number of aryl methyl sites for hydroxylation is 2. The van der Waals surface area contributed by atoms with Gasteiger partial charge in [-0.2, -0.15) is 5.10 Å². The summed E-state index contributed by atoms with van der Waals surface area (Å²) in [5.41, 5.74) is 0.389. The number of nitrogens with zero attached hydrogens (tertiary/aromatic N) is 2. The van der Waals surface area contributed by atoms with Gasteiger partial charge in [0.15, 0.2) is 0 Å². The fraction of sp³-hybridized carbons (Fsp3) is 0.667. The lowest BCUT2D eigenvalue weighted by Crippen LogP contribution is -2.52. The van der Waals surface area contributed by atoms with Gasteiger partial charge in [-0.15, -0.1) is 0 Å². The molecule has 1 aliphatic carbocycles. The van der Waals surface area contributed by atoms with Crippen molar-refractivity contribution in [2.24, 2.45) is 5.41 Å². The standard InChI is InChI=1S/C15H23N3O3/c1-4-18-11(9-10(2)17-18)13(19)16-12-7-5-6-8-15(12,3)14(20)21/h9,12H,4-8H2,1-3H3,(H,16,19)(H,20,21). The van der Waals surface area contributed by atoms with Gasteiger partial charge in [0.25, 0.3) is 5.91 Å². The van der Waals surface area contributed by atoms with E-state index in [1.165, 1.54) is 0 Å². The second kappa shape index (κ2) is 5.87. The van der Waals surface area contributed by atoms with Gasteiger partial charge in [0.2, 0.25) is 0 Å². The van der Waals surface area contributed by atoms with Crippen LogP contribution in [0.15, 0.2) is 6.07 Å². The van der Waals surface area contributed by atoms with Gasteiger partial charge >= 0.3 is 5.97 Å². The molecule has 21 heavy (non-hydrogen) atoms. The van der Waals surface area contributed by atoms with Crippen molar-refractivity contribution < 1.29 is 14.7 Å². The summed E-state index contributed by atoms with van der Waals surface area (Å²) in [4.78, 5) is 24.0. The van der Waals surface area contributed by atoms with E-state index in [0.717, 1.165) is 18.5 Å². The molecule has 1 aliphatic rings. The molecule has 0 saturated heterocycles. The van der Waals surface area contributed by atoms with Crippen LogP contribution in [0.1, 0.15) is 55.7 Å². The minimum Gasteiger partial charge on any atom is -0.481 e. The van der Waals surface area contributed by atoms with Crippen molar-refractivity contribution in [3.05, 3.63) is 17.5 Å². The van der Waals surface area contributed by atoms with Crippen molar-refractivity contribution in [3.8, 4) is 0 Å². The van der Waals surface area contributed by atoms with E-state index < -0.39 is 11.4 Å². The lowest BCUT2D eigenvalue weighted by atomic mass is 9.71. The molecule has 0 bridgehead atoms. The fourth-order valence-electron chi connectivity index (χ4n) is 3.02. The molecule has 1 aromatic rings. The van der Waals surface area contributed by atoms with E-state index in [0.29, 0.717) is 25.1 Å². The maximum absolute atomic E-state index is 12.5. The van der Waals surface area contributed by atoms with Crippen LogP contribution < -0.4 is 5.32 Å². The highest BCUT2D eigenvalue weighted by atomic mass is 16.4. The molecule has 0 radical (unpaired) electrons. The van der Waals surface area contributed by atoms with Crippen LogP contribution in [0.4, 0.5) is 0 Å². The molecule has 116 valence electrons. The van der Waals surface area contributed by atoms with Crippen LogP contribution in [0, 0.1) is 12.3 Å². The molecule has 6 heteroatoms. The Hall–Kier alpha value is -1.85. The fourth-order valence-corrected chi connectivity index (χ4v) is 3.02. The first-order valence-electron chi connectivity index (χ1n) is 7.47. The Labute approximate surface area is 124 Å². The number of hydrogen-bond donors (Lipinski definition) is 2. The number of aromatic nitrogens is 2. The van der Waals surface area contributed by atoms with Crippen LogP contribution in [0.5, 0.6) is 0 Å². The zero-order valence-electron chi connectivity index (χ0n) is 12.8. The third-order valence-corrected chi connectivity index (χ3v) is 4.44. The first-order chi connectivity index (χ1) is 9.88. The molecule has 1 saturated carbocycles. The molecule has 1 fully saturated rings. The quantitative estimate of drug-likeness (QED) is 0.889. The average Bonchev–Trinajstić information content (AvgIpc) is 2.82. The lowest BCUT2D eigenvalue weighted by Gasteiger charge is -2.38. The van der Waals surface area contributed by atoms with Gasteiger partial charge in [-0.25, -0.2) is 0 Å². The van der Waals surface area contributed by atoms with Gasteiger partial charge in [0.1, 0.15) is 5.69 Å². The Morgan fingerprint density at radius 3 is 2.86 bits per heavy atom. The zero-order chi connectivity index (χ0) is 15.6. The van der Waals surface area contributed by atoms with Crippen LogP contribution >= 0.6 is 0 Å². The second-order valence-electron chi connectivity index (χ2n) is 5.98. The number of nitrogens with one attached hydrogen (secondary N) is 1. The molecule has 2 unspecified atom stereocenters. The summed E-state index contributed by atoms with van der Waals surface area (Å²) in [7, 11) is 0. The van der Waals surface area contributed by atoms with E-state index in [9.17, 15) is 14.7 Å². The van der Waals surface area contributed by atoms with Crippen LogP contribution in [0.2, 0.25) is 0 Å². The van der Waals surface area contributed by atoms with E-state index in [1.54, 1.807) is 17.7 Å². The monoisotopic (exact) mass is 293 g/mol. The van der Waals surface area contributed by atoms with E-state index in [1.807, 2.05) is 13.8 Å². The predicted molar refractivity (Wildman–Crippen MR) is 78.1 cm³/mol. The van der Waals surface area contributed by atoms with E-state index in [2.05, 4.69) is 10.4 Å². The number of carbonyl (C=O) groups excluding carboxylic acids is 1. The third kappa shape index (κ3) is 2.94. The summed E-state index contributed by atoms with van der Waals surface area (Å²) in [5.74, 6) is -1.08. The number of rotatable bonds is 4. The maximum atomic E-state index is 12.5. The summed E-state index contributed by atoms with van der Waals surface area (Å²) in [6.45, 7) is 6.09. The lowest BCUT2D eigenvalue weighted by molar-refractivity contribution is -0.151. The molecule has 1 aromatic heterocycles. The molecule has 6 nitrogen and oxygen atoms in total. The Morgan fingerprint density at radius 2 is 2.24 bits per heavy atom. The average molecular weight is 293 g/mol. The number of aliphatic carboxylic acids is 1. The SMILES string of the molecule is CCn1nc(C)cc1C(=O)NC1CCCCC1(C)C(=O)O. The van der Waals surface area contributed by atoms with Crippen molar-refractivity contribution >= 4 is 11.9 Å². The van der Waals surface area contributed by atoms with Crippen LogP contribution in [0.25, 0.3) is 0 Å². The van der Waals surface area contributed by atoms with Gasteiger partial charge in [-0.1, -0.05) is 12.8 Å². The smallest absolute Gasteiger partial charge is 0.311 e. The van der Waals surface area contributed by atoms with E-state index in [4.69, 9.17) is 0 Å². The van der Waals surface area contributed by atoms with Gasteiger partial charge in [-0.05, 0) is 39.7 Å². The summed E-state index contributed by atoms with van der Waals surface area (Å²) in [6.07, 6.45) is 3.13. The van der Waals surface area contributed by atoms with Crippen molar-refractivity contribution in [3.63, 3.8) is 0 Å². The maximum Gasteiger partial charge on any atom is 0.311 e. The Kier molecular flexibility index (Phi) is 4.34. The molecule has 1 heterocycles. The van der Waals surface area contributed by atoms with Crippen LogP contribution in [-0.2, 0) is 11.3 Å². The third-order valence-electron chi connectivity index (χ3n) is 4.44. The van der Waals surface area contributed by atoms with Gasteiger partial charge in [-0.3, -0.25) is 14.3 Å². The topological polar surface area (TPSA) is 84.2 Å². The largest absolute Gasteiger partial charge is 0.481 e. The second-order valence-corrected chi connectivity index (χ2v) is 5.98. The summed E-state index contributed by atoms with van der Waals surface area (Å²) >= 11 is 0. The van der Waals surface area contributed by atoms with Crippen molar-refractivity contribution in [1.29, 1.82) is 0 Å². The first-order valence-corrected chi connectivity index (χ1v) is 7.47. The Morgan fingerprint density at radius 1 is 1.52 bits per heavy atom. The number of carboxylic acids is 1. The normalized spacial score (nSPS) is 25.6. The number of amides is 1. The molecule has 0 aromatic carbocycles. The highest BCUT2D eigenvalue weighted by Crippen LogP contribution is 2.36.